The number of carbonyl (C=O) groups excluding carboxylic acids is 1. The summed E-state index contributed by atoms with van der Waals surface area (Å²) in [4.78, 5) is 21.1. The number of aromatic nitrogens is 4. The van der Waals surface area contributed by atoms with Crippen LogP contribution < -0.4 is 10.6 Å². The van der Waals surface area contributed by atoms with Crippen LogP contribution in [0, 0.1) is 27.7 Å². The largest absolute Gasteiger partial charge is 0.383 e. The third kappa shape index (κ3) is 5.34. The molecule has 0 spiro atoms. The van der Waals surface area contributed by atoms with Crippen LogP contribution in [0.25, 0.3) is 5.95 Å². The summed E-state index contributed by atoms with van der Waals surface area (Å²) in [5.74, 6) is 0.516. The Morgan fingerprint density at radius 1 is 1.12 bits per heavy atom. The standard InChI is InChI=1S/C18H28N6O2/c1-12-10-13(2)22-18(21-12)24-15(4)16(14(3)23-24)11-17(25)20-7-6-19-8-9-26-5/h10,19H,6-9,11H2,1-5H3,(H,20,25). The fourth-order valence-electron chi connectivity index (χ4n) is 2.74. The second-order valence-electron chi connectivity index (χ2n) is 6.28. The Bertz CT molecular complexity index is 736. The zero-order valence-electron chi connectivity index (χ0n) is 16.2. The van der Waals surface area contributed by atoms with Crippen molar-refractivity contribution >= 4 is 5.91 Å². The molecule has 1 amide bonds. The molecule has 8 nitrogen and oxygen atoms in total. The van der Waals surface area contributed by atoms with Gasteiger partial charge in [-0.2, -0.15) is 5.10 Å². The highest BCUT2D eigenvalue weighted by atomic mass is 16.5. The van der Waals surface area contributed by atoms with Gasteiger partial charge in [0, 0.05) is 49.4 Å². The molecule has 2 aromatic rings. The van der Waals surface area contributed by atoms with Crippen molar-refractivity contribution in [2.24, 2.45) is 0 Å². The second-order valence-corrected chi connectivity index (χ2v) is 6.28. The molecular weight excluding hydrogens is 332 g/mol. The van der Waals surface area contributed by atoms with Crippen molar-refractivity contribution in [3.05, 3.63) is 34.4 Å². The van der Waals surface area contributed by atoms with E-state index < -0.39 is 0 Å². The van der Waals surface area contributed by atoms with Gasteiger partial charge >= 0.3 is 0 Å². The number of carbonyl (C=O) groups is 1. The summed E-state index contributed by atoms with van der Waals surface area (Å²) in [5, 5.41) is 10.6. The molecule has 0 fully saturated rings. The lowest BCUT2D eigenvalue weighted by molar-refractivity contribution is -0.120. The summed E-state index contributed by atoms with van der Waals surface area (Å²) >= 11 is 0. The number of methoxy groups -OCH3 is 1. The first-order chi connectivity index (χ1) is 12.4. The number of aryl methyl sites for hydroxylation is 3. The number of ether oxygens (including phenoxy) is 1. The maximum absolute atomic E-state index is 12.2. The minimum atomic E-state index is -0.0226. The lowest BCUT2D eigenvalue weighted by atomic mass is 10.1. The van der Waals surface area contributed by atoms with E-state index in [0.717, 1.165) is 34.9 Å². The quantitative estimate of drug-likeness (QED) is 0.642. The monoisotopic (exact) mass is 360 g/mol. The molecule has 2 rings (SSSR count). The first-order valence-corrected chi connectivity index (χ1v) is 8.76. The molecular formula is C18H28N6O2. The van der Waals surface area contributed by atoms with Crippen LogP contribution >= 0.6 is 0 Å². The summed E-state index contributed by atoms with van der Waals surface area (Å²) in [5.41, 5.74) is 4.40. The molecule has 2 aromatic heterocycles. The van der Waals surface area contributed by atoms with Crippen molar-refractivity contribution in [3.63, 3.8) is 0 Å². The summed E-state index contributed by atoms with van der Waals surface area (Å²) in [6, 6.07) is 1.92. The van der Waals surface area contributed by atoms with Gasteiger partial charge < -0.3 is 15.4 Å². The molecule has 0 aliphatic rings. The number of nitrogens with one attached hydrogen (secondary N) is 2. The van der Waals surface area contributed by atoms with Crippen molar-refractivity contribution in [1.29, 1.82) is 0 Å². The van der Waals surface area contributed by atoms with E-state index >= 15 is 0 Å². The number of hydrogen-bond acceptors (Lipinski definition) is 6. The molecule has 0 atom stereocenters. The zero-order chi connectivity index (χ0) is 19.1. The van der Waals surface area contributed by atoms with Crippen LogP contribution in [0.3, 0.4) is 0 Å². The normalized spacial score (nSPS) is 11.0. The third-order valence-electron chi connectivity index (χ3n) is 4.05. The van der Waals surface area contributed by atoms with E-state index in [4.69, 9.17) is 4.74 Å². The summed E-state index contributed by atoms with van der Waals surface area (Å²) < 4.78 is 6.67. The molecule has 0 radical (unpaired) electrons. The summed E-state index contributed by atoms with van der Waals surface area (Å²) in [6.45, 7) is 10.4. The topological polar surface area (TPSA) is 94.0 Å². The molecule has 0 saturated carbocycles. The highest BCUT2D eigenvalue weighted by Gasteiger charge is 2.17. The Balaban J connectivity index is 2.00. The van der Waals surface area contributed by atoms with Crippen LogP contribution in [-0.2, 0) is 16.0 Å². The molecule has 0 saturated heterocycles. The van der Waals surface area contributed by atoms with Crippen molar-refractivity contribution in [3.8, 4) is 5.95 Å². The van der Waals surface area contributed by atoms with Crippen molar-refractivity contribution < 1.29 is 9.53 Å². The van der Waals surface area contributed by atoms with E-state index in [1.807, 2.05) is 33.8 Å². The smallest absolute Gasteiger partial charge is 0.251 e. The fourth-order valence-corrected chi connectivity index (χ4v) is 2.74. The van der Waals surface area contributed by atoms with Gasteiger partial charge in [0.05, 0.1) is 18.7 Å². The molecule has 0 unspecified atom stereocenters. The molecule has 2 heterocycles. The number of rotatable bonds is 9. The molecule has 0 aromatic carbocycles. The molecule has 2 N–H and O–H groups in total. The molecule has 8 heteroatoms. The Morgan fingerprint density at radius 3 is 2.46 bits per heavy atom. The summed E-state index contributed by atoms with van der Waals surface area (Å²) in [6.07, 6.45) is 0.292. The summed E-state index contributed by atoms with van der Waals surface area (Å²) in [7, 11) is 1.66. The van der Waals surface area contributed by atoms with E-state index in [0.29, 0.717) is 32.1 Å². The van der Waals surface area contributed by atoms with Gasteiger partial charge in [-0.25, -0.2) is 14.6 Å². The number of amides is 1. The van der Waals surface area contributed by atoms with Gasteiger partial charge in [-0.1, -0.05) is 0 Å². The zero-order valence-corrected chi connectivity index (χ0v) is 16.2. The number of nitrogens with zero attached hydrogens (tertiary/aromatic N) is 4. The molecule has 0 bridgehead atoms. The molecule has 26 heavy (non-hydrogen) atoms. The molecule has 0 aliphatic carbocycles. The Labute approximate surface area is 154 Å². The van der Waals surface area contributed by atoms with Gasteiger partial charge in [-0.05, 0) is 33.8 Å². The Morgan fingerprint density at radius 2 is 1.81 bits per heavy atom. The Hall–Kier alpha value is -2.32. The number of hydrogen-bond donors (Lipinski definition) is 2. The van der Waals surface area contributed by atoms with E-state index in [9.17, 15) is 4.79 Å². The van der Waals surface area contributed by atoms with Crippen LogP contribution in [-0.4, -0.2) is 59.0 Å². The van der Waals surface area contributed by atoms with Gasteiger partial charge in [-0.15, -0.1) is 0 Å². The van der Waals surface area contributed by atoms with E-state index in [2.05, 4.69) is 25.7 Å². The first kappa shape index (κ1) is 20.0. The van der Waals surface area contributed by atoms with E-state index in [1.165, 1.54) is 0 Å². The van der Waals surface area contributed by atoms with Crippen LogP contribution in [0.4, 0.5) is 0 Å². The maximum atomic E-state index is 12.2. The fraction of sp³-hybridized carbons (Fsp3) is 0.556. The van der Waals surface area contributed by atoms with Gasteiger partial charge in [0.25, 0.3) is 5.95 Å². The van der Waals surface area contributed by atoms with Gasteiger partial charge in [0.15, 0.2) is 0 Å². The Kier molecular flexibility index (Phi) is 7.23. The maximum Gasteiger partial charge on any atom is 0.251 e. The van der Waals surface area contributed by atoms with Crippen LogP contribution in [0.2, 0.25) is 0 Å². The van der Waals surface area contributed by atoms with Crippen molar-refractivity contribution in [2.45, 2.75) is 34.1 Å². The third-order valence-corrected chi connectivity index (χ3v) is 4.05. The van der Waals surface area contributed by atoms with Crippen LogP contribution in [0.5, 0.6) is 0 Å². The minimum absolute atomic E-state index is 0.0226. The average molecular weight is 360 g/mol. The molecule has 142 valence electrons. The van der Waals surface area contributed by atoms with E-state index in [-0.39, 0.29) is 5.91 Å². The lowest BCUT2D eigenvalue weighted by Gasteiger charge is -2.08. The van der Waals surface area contributed by atoms with Crippen LogP contribution in [0.15, 0.2) is 6.07 Å². The highest BCUT2D eigenvalue weighted by molar-refractivity contribution is 5.79. The SMILES string of the molecule is COCCNCCNC(=O)Cc1c(C)nn(-c2nc(C)cc(C)n2)c1C. The van der Waals surface area contributed by atoms with Gasteiger partial charge in [0.1, 0.15) is 0 Å². The van der Waals surface area contributed by atoms with Crippen molar-refractivity contribution in [2.75, 3.05) is 33.4 Å². The predicted octanol–water partition coefficient (Wildman–Crippen LogP) is 0.791. The van der Waals surface area contributed by atoms with Gasteiger partial charge in [-0.3, -0.25) is 4.79 Å². The van der Waals surface area contributed by atoms with E-state index in [1.54, 1.807) is 11.8 Å². The van der Waals surface area contributed by atoms with Gasteiger partial charge in [0.2, 0.25) is 5.91 Å². The first-order valence-electron chi connectivity index (χ1n) is 8.76. The highest BCUT2D eigenvalue weighted by Crippen LogP contribution is 2.17. The van der Waals surface area contributed by atoms with Crippen LogP contribution in [0.1, 0.15) is 28.3 Å². The second kappa shape index (κ2) is 9.40. The minimum Gasteiger partial charge on any atom is -0.383 e. The predicted molar refractivity (Wildman–Crippen MR) is 99.6 cm³/mol. The average Bonchev–Trinajstić information content (AvgIpc) is 2.85. The lowest BCUT2D eigenvalue weighted by Crippen LogP contribution is -2.34. The molecule has 0 aliphatic heterocycles. The van der Waals surface area contributed by atoms with Crippen molar-refractivity contribution in [1.82, 2.24) is 30.4 Å².